The minimum atomic E-state index is -0.0810. The molecule has 2 aliphatic carbocycles. The second-order valence-electron chi connectivity index (χ2n) is 10.5. The maximum absolute atomic E-state index is 13.1. The Labute approximate surface area is 206 Å². The van der Waals surface area contributed by atoms with Gasteiger partial charge >= 0.3 is 0 Å². The van der Waals surface area contributed by atoms with Crippen molar-refractivity contribution < 1.29 is 19.1 Å². The second kappa shape index (κ2) is 8.86. The van der Waals surface area contributed by atoms with Crippen molar-refractivity contribution in [3.8, 4) is 11.5 Å². The molecule has 35 heavy (non-hydrogen) atoms. The van der Waals surface area contributed by atoms with E-state index in [0.29, 0.717) is 37.1 Å². The first kappa shape index (κ1) is 22.4. The molecular weight excluding hydrogens is 442 g/mol. The Balaban J connectivity index is 1.20. The molecule has 4 aliphatic rings. The first-order chi connectivity index (χ1) is 17.0. The molecule has 7 heteroatoms. The van der Waals surface area contributed by atoms with Crippen LogP contribution in [-0.2, 0) is 10.2 Å². The third-order valence-corrected chi connectivity index (χ3v) is 8.02. The van der Waals surface area contributed by atoms with Crippen molar-refractivity contribution in [1.29, 1.82) is 0 Å². The molecule has 1 atom stereocenters. The van der Waals surface area contributed by atoms with Crippen LogP contribution in [0.25, 0.3) is 0 Å². The van der Waals surface area contributed by atoms with E-state index in [1.54, 1.807) is 12.1 Å². The van der Waals surface area contributed by atoms with Gasteiger partial charge in [-0.05, 0) is 74.1 Å². The third kappa shape index (κ3) is 4.38. The molecule has 6 rings (SSSR count). The SMILES string of the molecule is C[C@@H]1c2cc3c(cc2C2(CCCC2)CN1CC(=O)Nc1cccc(C(=O)NC2CC2)c1)OCCO3. The molecule has 0 bridgehead atoms. The molecule has 184 valence electrons. The maximum atomic E-state index is 13.1. The lowest BCUT2D eigenvalue weighted by Gasteiger charge is -2.46. The van der Waals surface area contributed by atoms with E-state index in [9.17, 15) is 9.59 Å². The Bertz CT molecular complexity index is 1150. The molecule has 7 nitrogen and oxygen atoms in total. The molecule has 2 N–H and O–H groups in total. The Morgan fingerprint density at radius 3 is 2.54 bits per heavy atom. The minimum absolute atomic E-state index is 0.0543. The lowest BCUT2D eigenvalue weighted by molar-refractivity contribution is -0.118. The van der Waals surface area contributed by atoms with Gasteiger partial charge in [0, 0.05) is 35.3 Å². The first-order valence-electron chi connectivity index (χ1n) is 12.9. The van der Waals surface area contributed by atoms with Crippen molar-refractivity contribution in [3.63, 3.8) is 0 Å². The van der Waals surface area contributed by atoms with E-state index in [1.807, 2.05) is 12.1 Å². The van der Waals surface area contributed by atoms with E-state index < -0.39 is 0 Å². The number of nitrogens with one attached hydrogen (secondary N) is 2. The summed E-state index contributed by atoms with van der Waals surface area (Å²) in [6, 6.07) is 11.9. The Hall–Kier alpha value is -3.06. The monoisotopic (exact) mass is 475 g/mol. The number of ether oxygens (including phenoxy) is 2. The molecule has 2 aliphatic heterocycles. The highest BCUT2D eigenvalue weighted by molar-refractivity contribution is 5.97. The van der Waals surface area contributed by atoms with E-state index in [2.05, 4.69) is 34.6 Å². The molecule has 2 saturated carbocycles. The number of hydrogen-bond acceptors (Lipinski definition) is 5. The summed E-state index contributed by atoms with van der Waals surface area (Å²) in [5.41, 5.74) is 3.90. The fourth-order valence-electron chi connectivity index (χ4n) is 6.01. The molecule has 2 aromatic rings. The van der Waals surface area contributed by atoms with Crippen LogP contribution in [0.5, 0.6) is 11.5 Å². The lowest BCUT2D eigenvalue weighted by Crippen LogP contribution is -2.48. The summed E-state index contributed by atoms with van der Waals surface area (Å²) < 4.78 is 11.8. The van der Waals surface area contributed by atoms with Gasteiger partial charge in [0.15, 0.2) is 11.5 Å². The van der Waals surface area contributed by atoms with Crippen LogP contribution in [0.1, 0.15) is 73.0 Å². The highest BCUT2D eigenvalue weighted by Crippen LogP contribution is 2.51. The van der Waals surface area contributed by atoms with E-state index in [-0.39, 0.29) is 23.3 Å². The summed E-state index contributed by atoms with van der Waals surface area (Å²) in [6.45, 7) is 4.49. The molecule has 0 unspecified atom stereocenters. The maximum Gasteiger partial charge on any atom is 0.251 e. The van der Waals surface area contributed by atoms with Gasteiger partial charge in [0.05, 0.1) is 6.54 Å². The average Bonchev–Trinajstić information content (AvgIpc) is 3.56. The summed E-state index contributed by atoms with van der Waals surface area (Å²) in [7, 11) is 0. The summed E-state index contributed by atoms with van der Waals surface area (Å²) >= 11 is 0. The topological polar surface area (TPSA) is 79.9 Å². The van der Waals surface area contributed by atoms with Crippen molar-refractivity contribution >= 4 is 17.5 Å². The van der Waals surface area contributed by atoms with E-state index >= 15 is 0 Å². The van der Waals surface area contributed by atoms with Gasteiger partial charge in [0.25, 0.3) is 5.91 Å². The Morgan fingerprint density at radius 2 is 1.80 bits per heavy atom. The molecule has 0 saturated heterocycles. The standard InChI is InChI=1S/C28H33N3O4/c1-18-22-14-24-25(35-12-11-34-24)15-23(22)28(9-2-3-10-28)17-31(18)16-26(32)29-21-6-4-5-19(13-21)27(33)30-20-7-8-20/h4-6,13-15,18,20H,2-3,7-12,16-17H2,1H3,(H,29,32)(H,30,33)/t18-/m1/s1. The fraction of sp³-hybridized carbons (Fsp3) is 0.500. The molecule has 1 spiro atoms. The van der Waals surface area contributed by atoms with Crippen molar-refractivity contribution in [2.45, 2.75) is 62.9 Å². The van der Waals surface area contributed by atoms with Crippen LogP contribution in [0, 0.1) is 0 Å². The largest absolute Gasteiger partial charge is 0.486 e. The molecule has 0 radical (unpaired) electrons. The average molecular weight is 476 g/mol. The number of carbonyl (C=O) groups excluding carboxylic acids is 2. The Morgan fingerprint density at radius 1 is 1.06 bits per heavy atom. The van der Waals surface area contributed by atoms with Crippen LogP contribution in [-0.4, -0.2) is 49.1 Å². The number of amides is 2. The van der Waals surface area contributed by atoms with Crippen LogP contribution in [0.15, 0.2) is 36.4 Å². The van der Waals surface area contributed by atoms with Crippen molar-refractivity contribution in [2.75, 3.05) is 31.6 Å². The van der Waals surface area contributed by atoms with Gasteiger partial charge in [-0.2, -0.15) is 0 Å². The van der Waals surface area contributed by atoms with Crippen LogP contribution >= 0.6 is 0 Å². The van der Waals surface area contributed by atoms with E-state index in [1.165, 1.54) is 24.0 Å². The van der Waals surface area contributed by atoms with E-state index in [0.717, 1.165) is 43.7 Å². The first-order valence-corrected chi connectivity index (χ1v) is 12.9. The van der Waals surface area contributed by atoms with Crippen molar-refractivity contribution in [3.05, 3.63) is 53.1 Å². The zero-order valence-electron chi connectivity index (χ0n) is 20.3. The predicted octanol–water partition coefficient (Wildman–Crippen LogP) is 4.18. The fourth-order valence-corrected chi connectivity index (χ4v) is 6.01. The molecule has 2 amide bonds. The number of carbonyl (C=O) groups is 2. The minimum Gasteiger partial charge on any atom is -0.486 e. The summed E-state index contributed by atoms with van der Waals surface area (Å²) in [5, 5.41) is 6.02. The molecule has 2 fully saturated rings. The van der Waals surface area contributed by atoms with Gasteiger partial charge in [-0.1, -0.05) is 18.9 Å². The normalized spacial score (nSPS) is 22.5. The lowest BCUT2D eigenvalue weighted by atomic mass is 9.71. The van der Waals surface area contributed by atoms with E-state index in [4.69, 9.17) is 9.47 Å². The van der Waals surface area contributed by atoms with Gasteiger partial charge in [-0.25, -0.2) is 0 Å². The van der Waals surface area contributed by atoms with Gasteiger partial charge in [0.2, 0.25) is 5.91 Å². The van der Waals surface area contributed by atoms with Crippen molar-refractivity contribution in [1.82, 2.24) is 10.2 Å². The quantitative estimate of drug-likeness (QED) is 0.678. The summed E-state index contributed by atoms with van der Waals surface area (Å²) in [4.78, 5) is 27.8. The van der Waals surface area contributed by atoms with Crippen LogP contribution in [0.3, 0.4) is 0 Å². The molecule has 2 aromatic carbocycles. The number of hydrogen-bond donors (Lipinski definition) is 2. The number of nitrogens with zero attached hydrogens (tertiary/aromatic N) is 1. The summed E-state index contributed by atoms with van der Waals surface area (Å²) in [5.74, 6) is 1.51. The number of anilines is 1. The van der Waals surface area contributed by atoms with Gasteiger partial charge in [0.1, 0.15) is 13.2 Å². The zero-order valence-corrected chi connectivity index (χ0v) is 20.3. The number of benzene rings is 2. The van der Waals surface area contributed by atoms with Gasteiger partial charge in [-0.15, -0.1) is 0 Å². The van der Waals surface area contributed by atoms with Gasteiger partial charge in [-0.3, -0.25) is 14.5 Å². The molecule has 0 aromatic heterocycles. The van der Waals surface area contributed by atoms with Crippen LogP contribution < -0.4 is 20.1 Å². The van der Waals surface area contributed by atoms with Crippen molar-refractivity contribution in [2.24, 2.45) is 0 Å². The molecular formula is C28H33N3O4. The third-order valence-electron chi connectivity index (χ3n) is 8.02. The smallest absolute Gasteiger partial charge is 0.251 e. The Kier molecular flexibility index (Phi) is 5.67. The zero-order chi connectivity index (χ0) is 24.0. The summed E-state index contributed by atoms with van der Waals surface area (Å²) in [6.07, 6.45) is 6.76. The van der Waals surface area contributed by atoms with Gasteiger partial charge < -0.3 is 20.1 Å². The number of rotatable bonds is 5. The van der Waals surface area contributed by atoms with Crippen LogP contribution in [0.4, 0.5) is 5.69 Å². The highest BCUT2D eigenvalue weighted by atomic mass is 16.6. The molecule has 2 heterocycles. The predicted molar refractivity (Wildman–Crippen MR) is 133 cm³/mol. The second-order valence-corrected chi connectivity index (χ2v) is 10.5. The highest BCUT2D eigenvalue weighted by Gasteiger charge is 2.45. The number of fused-ring (bicyclic) bond motifs is 3. The van der Waals surface area contributed by atoms with Crippen LogP contribution in [0.2, 0.25) is 0 Å².